The maximum absolute atomic E-state index is 13.6. The van der Waals surface area contributed by atoms with E-state index in [4.69, 9.17) is 16.6 Å². The van der Waals surface area contributed by atoms with Crippen molar-refractivity contribution in [1.82, 2.24) is 4.98 Å². The Labute approximate surface area is 187 Å². The third kappa shape index (κ3) is 4.02. The first kappa shape index (κ1) is 21.0. The van der Waals surface area contributed by atoms with E-state index >= 15 is 0 Å². The number of hydrogen-bond acceptors (Lipinski definition) is 5. The molecule has 0 N–H and O–H groups in total. The van der Waals surface area contributed by atoms with E-state index in [9.17, 15) is 14.9 Å². The fourth-order valence-corrected chi connectivity index (χ4v) is 4.71. The lowest BCUT2D eigenvalue weighted by Gasteiger charge is -2.21. The van der Waals surface area contributed by atoms with Crippen LogP contribution < -0.4 is 4.90 Å². The van der Waals surface area contributed by atoms with E-state index in [-0.39, 0.29) is 23.7 Å². The Morgan fingerprint density at radius 3 is 2.52 bits per heavy atom. The molecule has 8 heteroatoms. The van der Waals surface area contributed by atoms with Crippen LogP contribution >= 0.6 is 22.9 Å². The molecule has 0 aliphatic rings. The first-order valence-electron chi connectivity index (χ1n) is 9.52. The van der Waals surface area contributed by atoms with Gasteiger partial charge in [-0.05, 0) is 37.1 Å². The van der Waals surface area contributed by atoms with Crippen molar-refractivity contribution in [2.45, 2.75) is 20.4 Å². The summed E-state index contributed by atoms with van der Waals surface area (Å²) in [5.74, 6) is -0.349. The second-order valence-electron chi connectivity index (χ2n) is 7.12. The van der Waals surface area contributed by atoms with Crippen LogP contribution in [0.3, 0.4) is 0 Å². The number of nitro benzene ring substituents is 1. The number of nitro groups is 1. The second-order valence-corrected chi connectivity index (χ2v) is 8.51. The van der Waals surface area contributed by atoms with Crippen LogP contribution in [0.2, 0.25) is 5.02 Å². The van der Waals surface area contributed by atoms with Crippen LogP contribution in [0.25, 0.3) is 10.2 Å². The largest absolute Gasteiger partial charge is 0.279 e. The highest BCUT2D eigenvalue weighted by atomic mass is 35.5. The van der Waals surface area contributed by atoms with E-state index in [1.165, 1.54) is 23.5 Å². The van der Waals surface area contributed by atoms with Crippen molar-refractivity contribution >= 4 is 49.9 Å². The Hall–Kier alpha value is -3.29. The number of thiazole rings is 1. The number of carbonyl (C=O) groups excluding carboxylic acids is 1. The van der Waals surface area contributed by atoms with Crippen molar-refractivity contribution < 1.29 is 9.72 Å². The van der Waals surface area contributed by atoms with Gasteiger partial charge in [0.2, 0.25) is 0 Å². The van der Waals surface area contributed by atoms with Crippen LogP contribution in [0.1, 0.15) is 27.0 Å². The van der Waals surface area contributed by atoms with E-state index in [1.807, 2.05) is 49.4 Å². The molecule has 0 atom stereocenters. The van der Waals surface area contributed by atoms with Crippen LogP contribution in [0.15, 0.2) is 60.7 Å². The molecule has 1 aromatic heterocycles. The lowest BCUT2D eigenvalue weighted by atomic mass is 10.1. The minimum Gasteiger partial charge on any atom is -0.279 e. The SMILES string of the molecule is Cc1c(C(=O)N(Cc2ccccc2)c2nc3c(C)ccc(Cl)c3s2)cccc1[N+](=O)[O-]. The second kappa shape index (κ2) is 8.45. The third-order valence-electron chi connectivity index (χ3n) is 5.08. The molecule has 0 saturated heterocycles. The summed E-state index contributed by atoms with van der Waals surface area (Å²) in [6.45, 7) is 3.81. The number of aromatic nitrogens is 1. The Kier molecular flexibility index (Phi) is 5.71. The molecule has 0 bridgehead atoms. The van der Waals surface area contributed by atoms with Crippen molar-refractivity contribution in [2.75, 3.05) is 4.90 Å². The molecule has 0 fully saturated rings. The highest BCUT2D eigenvalue weighted by Gasteiger charge is 2.26. The van der Waals surface area contributed by atoms with Crippen LogP contribution in [-0.4, -0.2) is 15.8 Å². The van der Waals surface area contributed by atoms with Crippen molar-refractivity contribution in [2.24, 2.45) is 0 Å². The highest BCUT2D eigenvalue weighted by molar-refractivity contribution is 7.23. The minimum atomic E-state index is -0.478. The summed E-state index contributed by atoms with van der Waals surface area (Å²) in [7, 11) is 0. The number of benzene rings is 3. The number of amides is 1. The summed E-state index contributed by atoms with van der Waals surface area (Å²) in [6, 6.07) is 17.8. The van der Waals surface area contributed by atoms with Gasteiger partial charge in [-0.2, -0.15) is 0 Å². The van der Waals surface area contributed by atoms with Gasteiger partial charge >= 0.3 is 0 Å². The molecule has 0 spiro atoms. The summed E-state index contributed by atoms with van der Waals surface area (Å²) >= 11 is 7.71. The van der Waals surface area contributed by atoms with Crippen molar-refractivity contribution in [3.63, 3.8) is 0 Å². The minimum absolute atomic E-state index is 0.0892. The van der Waals surface area contributed by atoms with Gasteiger partial charge in [-0.15, -0.1) is 0 Å². The molecule has 0 aliphatic heterocycles. The van der Waals surface area contributed by atoms with Gasteiger partial charge in [0.15, 0.2) is 5.13 Å². The Morgan fingerprint density at radius 1 is 1.10 bits per heavy atom. The molecule has 6 nitrogen and oxygen atoms in total. The van der Waals surface area contributed by atoms with Crippen LogP contribution in [0, 0.1) is 24.0 Å². The zero-order chi connectivity index (χ0) is 22.1. The zero-order valence-corrected chi connectivity index (χ0v) is 18.4. The first-order chi connectivity index (χ1) is 14.9. The quantitative estimate of drug-likeness (QED) is 0.262. The van der Waals surface area contributed by atoms with Gasteiger partial charge in [-0.25, -0.2) is 4.98 Å². The summed E-state index contributed by atoms with van der Waals surface area (Å²) < 4.78 is 0.804. The number of anilines is 1. The Morgan fingerprint density at radius 2 is 1.84 bits per heavy atom. The van der Waals surface area contributed by atoms with Crippen LogP contribution in [0.5, 0.6) is 0 Å². The van der Waals surface area contributed by atoms with Gasteiger partial charge in [0.25, 0.3) is 11.6 Å². The van der Waals surface area contributed by atoms with Gasteiger partial charge in [-0.3, -0.25) is 19.8 Å². The molecule has 1 heterocycles. The number of aryl methyl sites for hydroxylation is 1. The molecular weight excluding hydrogens is 434 g/mol. The molecule has 0 unspecified atom stereocenters. The maximum atomic E-state index is 13.6. The number of hydrogen-bond donors (Lipinski definition) is 0. The standard InChI is InChI=1S/C23H18ClN3O3S/c1-14-11-12-18(24)21-20(14)25-23(31-21)26(13-16-7-4-3-5-8-16)22(28)17-9-6-10-19(15(17)2)27(29)30/h3-12H,13H2,1-2H3. The third-order valence-corrected chi connectivity index (χ3v) is 6.62. The lowest BCUT2D eigenvalue weighted by Crippen LogP contribution is -2.31. The van der Waals surface area contributed by atoms with Crippen LogP contribution in [-0.2, 0) is 6.54 Å². The molecule has 1 amide bonds. The molecule has 31 heavy (non-hydrogen) atoms. The molecule has 156 valence electrons. The molecular formula is C23H18ClN3O3S. The van der Waals surface area contributed by atoms with Crippen molar-refractivity contribution in [1.29, 1.82) is 0 Å². The first-order valence-corrected chi connectivity index (χ1v) is 10.7. The number of fused-ring (bicyclic) bond motifs is 1. The predicted molar refractivity (Wildman–Crippen MR) is 124 cm³/mol. The van der Waals surface area contributed by atoms with Gasteiger partial charge in [-0.1, -0.05) is 65.4 Å². The smallest absolute Gasteiger partial charge is 0.273 e. The molecule has 4 rings (SSSR count). The molecule has 0 radical (unpaired) electrons. The average Bonchev–Trinajstić information content (AvgIpc) is 3.21. The topological polar surface area (TPSA) is 76.3 Å². The molecule has 3 aromatic carbocycles. The number of nitrogens with zero attached hydrogens (tertiary/aromatic N) is 3. The molecule has 0 saturated carbocycles. The van der Waals surface area contributed by atoms with Gasteiger partial charge < -0.3 is 0 Å². The van der Waals surface area contributed by atoms with E-state index in [0.29, 0.717) is 15.7 Å². The fraction of sp³-hybridized carbons (Fsp3) is 0.130. The monoisotopic (exact) mass is 451 g/mol. The summed E-state index contributed by atoms with van der Waals surface area (Å²) in [5, 5.41) is 12.4. The highest BCUT2D eigenvalue weighted by Crippen LogP contribution is 2.37. The van der Waals surface area contributed by atoms with E-state index in [1.54, 1.807) is 17.9 Å². The molecule has 0 aliphatic carbocycles. The van der Waals surface area contributed by atoms with Gasteiger partial charge in [0, 0.05) is 17.2 Å². The fourth-order valence-electron chi connectivity index (χ4n) is 3.40. The number of halogens is 1. The van der Waals surface area contributed by atoms with Gasteiger partial charge in [0.05, 0.1) is 26.7 Å². The normalized spacial score (nSPS) is 10.9. The summed E-state index contributed by atoms with van der Waals surface area (Å²) in [6.07, 6.45) is 0. The summed E-state index contributed by atoms with van der Waals surface area (Å²) in [5.41, 5.74) is 3.13. The average molecular weight is 452 g/mol. The van der Waals surface area contributed by atoms with Crippen molar-refractivity contribution in [3.8, 4) is 0 Å². The van der Waals surface area contributed by atoms with E-state index < -0.39 is 4.92 Å². The molecule has 4 aromatic rings. The van der Waals surface area contributed by atoms with Crippen LogP contribution in [0.4, 0.5) is 10.8 Å². The lowest BCUT2D eigenvalue weighted by molar-refractivity contribution is -0.385. The summed E-state index contributed by atoms with van der Waals surface area (Å²) in [4.78, 5) is 30.8. The zero-order valence-electron chi connectivity index (χ0n) is 16.8. The Bertz CT molecular complexity index is 1270. The predicted octanol–water partition coefficient (Wildman–Crippen LogP) is 6.32. The van der Waals surface area contributed by atoms with Gasteiger partial charge in [0.1, 0.15) is 0 Å². The Balaban J connectivity index is 1.85. The van der Waals surface area contributed by atoms with E-state index in [0.717, 1.165) is 21.3 Å². The number of carbonyl (C=O) groups is 1. The maximum Gasteiger partial charge on any atom is 0.273 e. The van der Waals surface area contributed by atoms with E-state index in [2.05, 4.69) is 0 Å². The number of rotatable bonds is 5. The van der Waals surface area contributed by atoms with Crippen molar-refractivity contribution in [3.05, 3.63) is 98.1 Å².